The van der Waals surface area contributed by atoms with Crippen molar-refractivity contribution in [1.29, 1.82) is 0 Å². The Bertz CT molecular complexity index is 1030. The predicted molar refractivity (Wildman–Crippen MR) is 92.0 cm³/mol. The van der Waals surface area contributed by atoms with Crippen molar-refractivity contribution < 1.29 is 13.9 Å². The minimum absolute atomic E-state index is 0.294. The van der Waals surface area contributed by atoms with Crippen LogP contribution >= 0.6 is 0 Å². The van der Waals surface area contributed by atoms with Crippen molar-refractivity contribution >= 4 is 17.1 Å². The molecule has 1 aliphatic heterocycles. The number of hydrogen-bond acceptors (Lipinski definition) is 4. The average Bonchev–Trinajstić information content (AvgIpc) is 3.32. The van der Waals surface area contributed by atoms with Crippen LogP contribution in [0.15, 0.2) is 36.8 Å². The lowest BCUT2D eigenvalue weighted by molar-refractivity contribution is 0.0751. The van der Waals surface area contributed by atoms with Crippen LogP contribution < -0.4 is 0 Å². The second kappa shape index (κ2) is 5.27. The number of aromatic nitrogens is 3. The summed E-state index contributed by atoms with van der Waals surface area (Å²) in [5.41, 5.74) is 4.04. The second-order valence-electron chi connectivity index (χ2n) is 7.00. The molecule has 1 spiro atoms. The van der Waals surface area contributed by atoms with Gasteiger partial charge in [0.15, 0.2) is 0 Å². The molecular formula is C19H17FN4O2. The lowest BCUT2D eigenvalue weighted by Crippen LogP contribution is -2.49. The summed E-state index contributed by atoms with van der Waals surface area (Å²) in [6.45, 7) is 0. The van der Waals surface area contributed by atoms with Gasteiger partial charge in [0.25, 0.3) is 0 Å². The number of fused-ring (bicyclic) bond motifs is 3. The topological polar surface area (TPSA) is 71.1 Å². The van der Waals surface area contributed by atoms with Gasteiger partial charge in [-0.2, -0.15) is 0 Å². The van der Waals surface area contributed by atoms with Crippen molar-refractivity contribution in [2.75, 3.05) is 7.11 Å². The number of aromatic amines is 1. The van der Waals surface area contributed by atoms with E-state index in [4.69, 9.17) is 4.74 Å². The summed E-state index contributed by atoms with van der Waals surface area (Å²) in [5, 5.41) is 0. The smallest absolute Gasteiger partial charge is 0.410 e. The zero-order valence-corrected chi connectivity index (χ0v) is 14.2. The van der Waals surface area contributed by atoms with Crippen LogP contribution in [0, 0.1) is 5.82 Å². The zero-order valence-electron chi connectivity index (χ0n) is 14.2. The molecule has 1 atom stereocenters. The highest BCUT2D eigenvalue weighted by atomic mass is 19.1. The number of rotatable bonds is 1. The van der Waals surface area contributed by atoms with Gasteiger partial charge in [0, 0.05) is 11.3 Å². The van der Waals surface area contributed by atoms with Gasteiger partial charge < -0.3 is 9.72 Å². The Hall–Kier alpha value is -2.96. The van der Waals surface area contributed by atoms with E-state index >= 15 is 0 Å². The third kappa shape index (κ3) is 2.06. The van der Waals surface area contributed by atoms with E-state index in [1.165, 1.54) is 25.6 Å². The maximum absolute atomic E-state index is 14.0. The molecular weight excluding hydrogens is 335 g/mol. The van der Waals surface area contributed by atoms with Gasteiger partial charge in [0.05, 0.1) is 29.9 Å². The molecule has 7 heteroatoms. The normalized spacial score (nSPS) is 20.2. The van der Waals surface area contributed by atoms with Crippen LogP contribution in [0.4, 0.5) is 9.18 Å². The zero-order chi connectivity index (χ0) is 17.9. The molecule has 0 radical (unpaired) electrons. The van der Waals surface area contributed by atoms with Crippen LogP contribution in [0.25, 0.3) is 11.0 Å². The van der Waals surface area contributed by atoms with Crippen LogP contribution in [0.5, 0.6) is 0 Å². The van der Waals surface area contributed by atoms with E-state index in [2.05, 4.69) is 15.0 Å². The molecule has 1 fully saturated rings. The number of methoxy groups -OCH3 is 1. The van der Waals surface area contributed by atoms with Crippen LogP contribution in [0.3, 0.4) is 0 Å². The molecule has 2 aliphatic rings. The number of nitrogens with one attached hydrogen (secondary N) is 1. The number of H-pyrrole nitrogens is 1. The number of amides is 1. The van der Waals surface area contributed by atoms with E-state index in [-0.39, 0.29) is 11.4 Å². The SMILES string of the molecule is COC(=O)N1C(c2cccc(F)c2)c2[nH]c3cncnc3c2CC12CC2. The fraction of sp³-hybridized carbons (Fsp3) is 0.316. The fourth-order valence-corrected chi connectivity index (χ4v) is 4.19. The maximum Gasteiger partial charge on any atom is 0.410 e. The van der Waals surface area contributed by atoms with Crippen molar-refractivity contribution in [3.8, 4) is 0 Å². The first-order valence-electron chi connectivity index (χ1n) is 8.56. The van der Waals surface area contributed by atoms with Crippen LogP contribution in [0.1, 0.15) is 35.7 Å². The van der Waals surface area contributed by atoms with Crippen molar-refractivity contribution in [2.24, 2.45) is 0 Å². The largest absolute Gasteiger partial charge is 0.453 e. The summed E-state index contributed by atoms with van der Waals surface area (Å²) in [7, 11) is 1.38. The molecule has 0 bridgehead atoms. The Labute approximate surface area is 149 Å². The minimum atomic E-state index is -0.446. The highest BCUT2D eigenvalue weighted by molar-refractivity contribution is 5.82. The molecule has 26 heavy (non-hydrogen) atoms. The number of benzene rings is 1. The molecule has 3 heterocycles. The van der Waals surface area contributed by atoms with Crippen LogP contribution in [0.2, 0.25) is 0 Å². The molecule has 132 valence electrons. The van der Waals surface area contributed by atoms with Crippen LogP contribution in [-0.2, 0) is 11.2 Å². The Morgan fingerprint density at radius 2 is 2.27 bits per heavy atom. The summed E-state index contributed by atoms with van der Waals surface area (Å²) in [5.74, 6) is -0.333. The van der Waals surface area contributed by atoms with Gasteiger partial charge in [-0.05, 0) is 37.0 Å². The molecule has 1 amide bonds. The summed E-state index contributed by atoms with van der Waals surface area (Å²) in [6, 6.07) is 5.93. The van der Waals surface area contributed by atoms with Gasteiger partial charge >= 0.3 is 6.09 Å². The molecule has 1 saturated carbocycles. The summed E-state index contributed by atoms with van der Waals surface area (Å²) in [4.78, 5) is 26.3. The number of hydrogen-bond donors (Lipinski definition) is 1. The van der Waals surface area contributed by atoms with Gasteiger partial charge in [-0.15, -0.1) is 0 Å². The highest BCUT2D eigenvalue weighted by Crippen LogP contribution is 2.55. The number of halogens is 1. The van der Waals surface area contributed by atoms with Crippen molar-refractivity contribution in [3.63, 3.8) is 0 Å². The van der Waals surface area contributed by atoms with Crippen molar-refractivity contribution in [1.82, 2.24) is 19.9 Å². The van der Waals surface area contributed by atoms with Crippen molar-refractivity contribution in [2.45, 2.75) is 30.8 Å². The first-order valence-corrected chi connectivity index (χ1v) is 8.56. The molecule has 2 aromatic heterocycles. The van der Waals surface area contributed by atoms with E-state index in [0.29, 0.717) is 12.0 Å². The first-order chi connectivity index (χ1) is 12.6. The lowest BCUT2D eigenvalue weighted by Gasteiger charge is -2.41. The van der Waals surface area contributed by atoms with Crippen LogP contribution in [-0.4, -0.2) is 38.6 Å². The number of ether oxygens (including phenoxy) is 1. The van der Waals surface area contributed by atoms with Gasteiger partial charge in [-0.25, -0.2) is 19.2 Å². The summed E-state index contributed by atoms with van der Waals surface area (Å²) >= 11 is 0. The molecule has 1 aliphatic carbocycles. The van der Waals surface area contributed by atoms with Gasteiger partial charge in [-0.3, -0.25) is 4.90 Å². The third-order valence-electron chi connectivity index (χ3n) is 5.50. The Kier molecular flexibility index (Phi) is 3.10. The molecule has 3 aromatic rings. The Morgan fingerprint density at radius 1 is 1.42 bits per heavy atom. The van der Waals surface area contributed by atoms with Gasteiger partial charge in [-0.1, -0.05) is 12.1 Å². The fourth-order valence-electron chi connectivity index (χ4n) is 4.19. The Balaban J connectivity index is 1.78. The maximum atomic E-state index is 14.0. The second-order valence-corrected chi connectivity index (χ2v) is 7.00. The van der Waals surface area contributed by atoms with E-state index in [1.807, 2.05) is 6.07 Å². The molecule has 5 rings (SSSR count). The number of carbonyl (C=O) groups excluding carboxylic acids is 1. The van der Waals surface area contributed by atoms with Gasteiger partial charge in [0.1, 0.15) is 18.2 Å². The molecule has 1 aromatic carbocycles. The molecule has 1 N–H and O–H groups in total. The quantitative estimate of drug-likeness (QED) is 0.729. The van der Waals surface area contributed by atoms with Crippen molar-refractivity contribution in [3.05, 3.63) is 59.4 Å². The monoisotopic (exact) mass is 352 g/mol. The summed E-state index contributed by atoms with van der Waals surface area (Å²) in [6.07, 6.45) is 5.36. The summed E-state index contributed by atoms with van der Waals surface area (Å²) < 4.78 is 19.0. The predicted octanol–water partition coefficient (Wildman–Crippen LogP) is 3.34. The lowest BCUT2D eigenvalue weighted by atomic mass is 9.88. The standard InChI is InChI=1S/C19H17FN4O2/c1-26-18(25)24-17(11-3-2-4-12(20)7-11)16-13(8-19(24)5-6-19)15-14(23-16)9-21-10-22-15/h2-4,7,9-10,17,23H,5-6,8H2,1H3. The highest BCUT2D eigenvalue weighted by Gasteiger charge is 2.57. The van der Waals surface area contributed by atoms with E-state index in [9.17, 15) is 9.18 Å². The first kappa shape index (κ1) is 15.3. The molecule has 6 nitrogen and oxygen atoms in total. The minimum Gasteiger partial charge on any atom is -0.453 e. The third-order valence-corrected chi connectivity index (χ3v) is 5.50. The molecule has 0 saturated heterocycles. The molecule has 1 unspecified atom stereocenters. The number of carbonyl (C=O) groups is 1. The van der Waals surface area contributed by atoms with E-state index in [1.54, 1.807) is 17.2 Å². The van der Waals surface area contributed by atoms with E-state index < -0.39 is 12.1 Å². The van der Waals surface area contributed by atoms with E-state index in [0.717, 1.165) is 35.1 Å². The Morgan fingerprint density at radius 3 is 3.00 bits per heavy atom. The average molecular weight is 352 g/mol. The number of nitrogens with zero attached hydrogens (tertiary/aromatic N) is 3. The van der Waals surface area contributed by atoms with Gasteiger partial charge in [0.2, 0.25) is 0 Å².